The number of carbonyl (C=O) groups excluding carboxylic acids is 1. The lowest BCUT2D eigenvalue weighted by molar-refractivity contribution is -0.111. The maximum Gasteiger partial charge on any atom is 0.248 e. The number of amides is 1. The van der Waals surface area contributed by atoms with Crippen LogP contribution in [0.1, 0.15) is 18.9 Å². The second-order valence-corrected chi connectivity index (χ2v) is 7.78. The van der Waals surface area contributed by atoms with Crippen molar-refractivity contribution in [1.29, 1.82) is 0 Å². The maximum absolute atomic E-state index is 12.1. The van der Waals surface area contributed by atoms with Crippen molar-refractivity contribution in [2.75, 3.05) is 22.6 Å². The van der Waals surface area contributed by atoms with Crippen molar-refractivity contribution >= 4 is 33.4 Å². The van der Waals surface area contributed by atoms with Crippen molar-refractivity contribution in [1.82, 2.24) is 0 Å². The predicted molar refractivity (Wildman–Crippen MR) is 104 cm³/mol. The third-order valence-electron chi connectivity index (χ3n) is 3.72. The smallest absolute Gasteiger partial charge is 0.248 e. The summed E-state index contributed by atoms with van der Waals surface area (Å²) in [6.07, 6.45) is 3.62. The highest BCUT2D eigenvalue weighted by Crippen LogP contribution is 2.32. The lowest BCUT2D eigenvalue weighted by Crippen LogP contribution is -2.16. The third-order valence-corrected chi connectivity index (χ3v) is 5.21. The normalized spacial score (nSPS) is 12.9. The van der Waals surface area contributed by atoms with Crippen molar-refractivity contribution in [2.45, 2.75) is 13.3 Å². The summed E-state index contributed by atoms with van der Waals surface area (Å²) in [5, 5.41) is 2.72. The minimum Gasteiger partial charge on any atom is -0.454 e. The van der Waals surface area contributed by atoms with E-state index in [9.17, 15) is 13.2 Å². The molecule has 1 aliphatic heterocycles. The quantitative estimate of drug-likeness (QED) is 0.711. The van der Waals surface area contributed by atoms with Gasteiger partial charge in [0.2, 0.25) is 22.7 Å². The van der Waals surface area contributed by atoms with Crippen molar-refractivity contribution in [3.8, 4) is 11.5 Å². The molecule has 7 nitrogen and oxygen atoms in total. The van der Waals surface area contributed by atoms with E-state index < -0.39 is 10.0 Å². The van der Waals surface area contributed by atoms with Gasteiger partial charge in [-0.3, -0.25) is 9.52 Å². The number of benzene rings is 2. The maximum atomic E-state index is 12.1. The molecule has 0 bridgehead atoms. The van der Waals surface area contributed by atoms with Gasteiger partial charge >= 0.3 is 0 Å². The third kappa shape index (κ3) is 5.24. The largest absolute Gasteiger partial charge is 0.454 e. The van der Waals surface area contributed by atoms with Crippen LogP contribution in [0.4, 0.5) is 11.4 Å². The molecule has 142 valence electrons. The van der Waals surface area contributed by atoms with Gasteiger partial charge in [-0.05, 0) is 54.5 Å². The van der Waals surface area contributed by atoms with Gasteiger partial charge in [0.1, 0.15) is 0 Å². The van der Waals surface area contributed by atoms with Crippen LogP contribution in [0.25, 0.3) is 6.08 Å². The average molecular weight is 388 g/mol. The topological polar surface area (TPSA) is 93.7 Å². The highest BCUT2D eigenvalue weighted by molar-refractivity contribution is 7.92. The fourth-order valence-corrected chi connectivity index (χ4v) is 3.63. The van der Waals surface area contributed by atoms with Crippen LogP contribution < -0.4 is 19.5 Å². The first-order chi connectivity index (χ1) is 12.9. The molecule has 0 saturated carbocycles. The minimum atomic E-state index is -3.33. The number of carbonyl (C=O) groups is 1. The molecule has 0 atom stereocenters. The van der Waals surface area contributed by atoms with Crippen molar-refractivity contribution in [3.05, 3.63) is 54.1 Å². The summed E-state index contributed by atoms with van der Waals surface area (Å²) in [6, 6.07) is 11.9. The van der Waals surface area contributed by atoms with Crippen LogP contribution in [-0.4, -0.2) is 26.9 Å². The van der Waals surface area contributed by atoms with E-state index in [2.05, 4.69) is 10.0 Å². The number of anilines is 2. The van der Waals surface area contributed by atoms with Gasteiger partial charge in [0.25, 0.3) is 0 Å². The molecule has 0 unspecified atom stereocenters. The minimum absolute atomic E-state index is 0.0656. The van der Waals surface area contributed by atoms with Crippen LogP contribution in [-0.2, 0) is 14.8 Å². The molecule has 3 rings (SSSR count). The molecule has 2 aromatic rings. The molecular formula is C19H20N2O5S. The van der Waals surface area contributed by atoms with Gasteiger partial charge in [0.15, 0.2) is 11.5 Å². The lowest BCUT2D eigenvalue weighted by atomic mass is 10.2. The number of hydrogen-bond donors (Lipinski definition) is 2. The second-order valence-electron chi connectivity index (χ2n) is 5.93. The number of hydrogen-bond acceptors (Lipinski definition) is 5. The first-order valence-corrected chi connectivity index (χ1v) is 10.1. The number of fused-ring (bicyclic) bond motifs is 1. The second kappa shape index (κ2) is 8.13. The fraction of sp³-hybridized carbons (Fsp3) is 0.211. The highest BCUT2D eigenvalue weighted by Gasteiger charge is 2.12. The van der Waals surface area contributed by atoms with E-state index in [1.807, 2.05) is 6.07 Å². The van der Waals surface area contributed by atoms with Crippen LogP contribution >= 0.6 is 0 Å². The Morgan fingerprint density at radius 3 is 2.52 bits per heavy atom. The Labute approximate surface area is 158 Å². The number of sulfonamides is 1. The summed E-state index contributed by atoms with van der Waals surface area (Å²) in [5.41, 5.74) is 1.83. The van der Waals surface area contributed by atoms with E-state index in [-0.39, 0.29) is 18.5 Å². The molecule has 0 radical (unpaired) electrons. The monoisotopic (exact) mass is 388 g/mol. The molecule has 0 saturated heterocycles. The molecule has 0 aromatic heterocycles. The molecule has 1 aliphatic rings. The SMILES string of the molecule is CCCS(=O)(=O)Nc1ccc(NC(=O)/C=C/c2ccc3c(c2)OCO3)cc1. The summed E-state index contributed by atoms with van der Waals surface area (Å²) in [5.74, 6) is 1.10. The highest BCUT2D eigenvalue weighted by atomic mass is 32.2. The van der Waals surface area contributed by atoms with Crippen molar-refractivity contribution in [2.24, 2.45) is 0 Å². The van der Waals surface area contributed by atoms with Gasteiger partial charge in [-0.25, -0.2) is 8.42 Å². The molecule has 0 aliphatic carbocycles. The molecule has 0 spiro atoms. The Balaban J connectivity index is 1.57. The number of nitrogens with one attached hydrogen (secondary N) is 2. The summed E-state index contributed by atoms with van der Waals surface area (Å²) in [6.45, 7) is 2.00. The number of ether oxygens (including phenoxy) is 2. The van der Waals surface area contributed by atoms with Gasteiger partial charge in [0, 0.05) is 17.5 Å². The van der Waals surface area contributed by atoms with Gasteiger partial charge in [-0.15, -0.1) is 0 Å². The van der Waals surface area contributed by atoms with Crippen LogP contribution in [0.2, 0.25) is 0 Å². The van der Waals surface area contributed by atoms with E-state index in [0.29, 0.717) is 29.3 Å². The van der Waals surface area contributed by atoms with Crippen molar-refractivity contribution in [3.63, 3.8) is 0 Å². The zero-order valence-electron chi connectivity index (χ0n) is 14.8. The summed E-state index contributed by atoms with van der Waals surface area (Å²) in [7, 11) is -3.33. The molecular weight excluding hydrogens is 368 g/mol. The van der Waals surface area contributed by atoms with E-state index in [0.717, 1.165) is 5.56 Å². The molecule has 1 amide bonds. The standard InChI is InChI=1S/C19H20N2O5S/c1-2-11-27(23,24)21-16-7-5-15(6-8-16)20-19(22)10-4-14-3-9-17-18(12-14)26-13-25-17/h3-10,12,21H,2,11,13H2,1H3,(H,20,22)/b10-4+. The van der Waals surface area contributed by atoms with Gasteiger partial charge in [-0.1, -0.05) is 13.0 Å². The Morgan fingerprint density at radius 1 is 1.07 bits per heavy atom. The van der Waals surface area contributed by atoms with E-state index >= 15 is 0 Å². The molecule has 8 heteroatoms. The van der Waals surface area contributed by atoms with Crippen LogP contribution in [0.5, 0.6) is 11.5 Å². The zero-order valence-corrected chi connectivity index (χ0v) is 15.6. The molecule has 27 heavy (non-hydrogen) atoms. The van der Waals surface area contributed by atoms with E-state index in [1.54, 1.807) is 49.4 Å². The van der Waals surface area contributed by atoms with Crippen molar-refractivity contribution < 1.29 is 22.7 Å². The van der Waals surface area contributed by atoms with Gasteiger partial charge in [-0.2, -0.15) is 0 Å². The lowest BCUT2D eigenvalue weighted by Gasteiger charge is -2.08. The fourth-order valence-electron chi connectivity index (χ4n) is 2.49. The Kier molecular flexibility index (Phi) is 5.66. The molecule has 1 heterocycles. The van der Waals surface area contributed by atoms with E-state index in [4.69, 9.17) is 9.47 Å². The van der Waals surface area contributed by atoms with Gasteiger partial charge < -0.3 is 14.8 Å². The molecule has 0 fully saturated rings. The Morgan fingerprint density at radius 2 is 1.78 bits per heavy atom. The summed E-state index contributed by atoms with van der Waals surface area (Å²) >= 11 is 0. The number of rotatable bonds is 7. The molecule has 2 aromatic carbocycles. The first-order valence-electron chi connectivity index (χ1n) is 8.44. The van der Waals surface area contributed by atoms with Crippen LogP contribution in [0, 0.1) is 0 Å². The Bertz CT molecular complexity index is 953. The first kappa shape index (κ1) is 18.8. The average Bonchev–Trinajstić information content (AvgIpc) is 3.09. The molecule has 2 N–H and O–H groups in total. The predicted octanol–water partition coefficient (Wildman–Crippen LogP) is 3.22. The summed E-state index contributed by atoms with van der Waals surface area (Å²) < 4.78 is 36.5. The zero-order chi connectivity index (χ0) is 19.3. The van der Waals surface area contributed by atoms with Crippen LogP contribution in [0.3, 0.4) is 0 Å². The van der Waals surface area contributed by atoms with E-state index in [1.165, 1.54) is 6.08 Å². The van der Waals surface area contributed by atoms with Gasteiger partial charge in [0.05, 0.1) is 5.75 Å². The Hall–Kier alpha value is -3.00. The van der Waals surface area contributed by atoms with Crippen LogP contribution in [0.15, 0.2) is 48.5 Å². The summed E-state index contributed by atoms with van der Waals surface area (Å²) in [4.78, 5) is 12.1.